The van der Waals surface area contributed by atoms with Crippen molar-refractivity contribution < 1.29 is 19.4 Å². The number of benzene rings is 1. The number of carbonyl (C=O) groups excluding carboxylic acids is 1. The molecule has 1 amide bonds. The van der Waals surface area contributed by atoms with Crippen molar-refractivity contribution in [3.63, 3.8) is 0 Å². The van der Waals surface area contributed by atoms with E-state index in [1.54, 1.807) is 7.11 Å². The van der Waals surface area contributed by atoms with Gasteiger partial charge in [0.1, 0.15) is 5.75 Å². The van der Waals surface area contributed by atoms with Crippen LogP contribution in [0.5, 0.6) is 5.75 Å². The van der Waals surface area contributed by atoms with Crippen LogP contribution in [-0.4, -0.2) is 42.1 Å². The van der Waals surface area contributed by atoms with E-state index in [2.05, 4.69) is 6.92 Å². The van der Waals surface area contributed by atoms with Gasteiger partial charge in [-0.1, -0.05) is 19.1 Å². The minimum atomic E-state index is -0.758. The van der Waals surface area contributed by atoms with Gasteiger partial charge in [-0.2, -0.15) is 0 Å². The molecule has 0 aliphatic carbocycles. The smallest absolute Gasteiger partial charge is 0.303 e. The predicted octanol–water partition coefficient (Wildman–Crippen LogP) is 3.29. The number of aliphatic carboxylic acids is 1. The highest BCUT2D eigenvalue weighted by atomic mass is 16.5. The molecule has 0 aromatic heterocycles. The Hall–Kier alpha value is -2.04. The monoisotopic (exact) mass is 333 g/mol. The number of rotatable bonds is 7. The maximum absolute atomic E-state index is 12.6. The van der Waals surface area contributed by atoms with E-state index in [1.165, 1.54) is 0 Å². The highest BCUT2D eigenvalue weighted by Gasteiger charge is 2.25. The van der Waals surface area contributed by atoms with E-state index in [9.17, 15) is 9.59 Å². The van der Waals surface area contributed by atoms with E-state index >= 15 is 0 Å². The molecule has 5 nitrogen and oxygen atoms in total. The molecule has 1 aromatic carbocycles. The fourth-order valence-corrected chi connectivity index (χ4v) is 3.30. The molecule has 24 heavy (non-hydrogen) atoms. The third-order valence-corrected chi connectivity index (χ3v) is 4.80. The summed E-state index contributed by atoms with van der Waals surface area (Å²) >= 11 is 0. The Bertz CT molecular complexity index is 555. The number of carbonyl (C=O) groups is 2. The number of amides is 1. The minimum Gasteiger partial charge on any atom is -0.497 e. The average Bonchev–Trinajstić information content (AvgIpc) is 2.60. The molecule has 2 rings (SSSR count). The molecule has 0 unspecified atom stereocenters. The topological polar surface area (TPSA) is 66.8 Å². The largest absolute Gasteiger partial charge is 0.497 e. The van der Waals surface area contributed by atoms with Gasteiger partial charge in [0.25, 0.3) is 0 Å². The van der Waals surface area contributed by atoms with Gasteiger partial charge in [-0.3, -0.25) is 9.59 Å². The first-order chi connectivity index (χ1) is 11.5. The molecule has 1 heterocycles. The molecule has 1 fully saturated rings. The summed E-state index contributed by atoms with van der Waals surface area (Å²) in [4.78, 5) is 25.2. The van der Waals surface area contributed by atoms with Gasteiger partial charge in [-0.15, -0.1) is 0 Å². The van der Waals surface area contributed by atoms with Crippen LogP contribution in [0.4, 0.5) is 0 Å². The van der Waals surface area contributed by atoms with Crippen LogP contribution < -0.4 is 4.74 Å². The number of carboxylic acid groups (broad SMARTS) is 1. The summed E-state index contributed by atoms with van der Waals surface area (Å²) in [6.45, 7) is 3.55. The molecule has 1 aromatic rings. The average molecular weight is 333 g/mol. The van der Waals surface area contributed by atoms with Crippen LogP contribution >= 0.6 is 0 Å². The molecule has 1 N–H and O–H groups in total. The minimum absolute atomic E-state index is 0.155. The molecule has 1 aliphatic heterocycles. The quantitative estimate of drug-likeness (QED) is 0.831. The van der Waals surface area contributed by atoms with Crippen molar-refractivity contribution in [2.75, 3.05) is 20.2 Å². The van der Waals surface area contributed by atoms with E-state index in [-0.39, 0.29) is 18.2 Å². The number of hydrogen-bond acceptors (Lipinski definition) is 3. The van der Waals surface area contributed by atoms with Crippen molar-refractivity contribution in [1.29, 1.82) is 0 Å². The molecule has 1 saturated heterocycles. The van der Waals surface area contributed by atoms with Gasteiger partial charge in [0.15, 0.2) is 0 Å². The lowest BCUT2D eigenvalue weighted by atomic mass is 9.92. The van der Waals surface area contributed by atoms with E-state index in [0.717, 1.165) is 30.7 Å². The predicted molar refractivity (Wildman–Crippen MR) is 92.2 cm³/mol. The van der Waals surface area contributed by atoms with Gasteiger partial charge >= 0.3 is 5.97 Å². The van der Waals surface area contributed by atoms with E-state index in [1.807, 2.05) is 29.2 Å². The van der Waals surface area contributed by atoms with Crippen molar-refractivity contribution >= 4 is 11.9 Å². The van der Waals surface area contributed by atoms with E-state index < -0.39 is 5.97 Å². The van der Waals surface area contributed by atoms with Gasteiger partial charge in [0.2, 0.25) is 5.91 Å². The lowest BCUT2D eigenvalue weighted by Crippen LogP contribution is -2.40. The zero-order valence-electron chi connectivity index (χ0n) is 14.5. The first kappa shape index (κ1) is 18.3. The number of likely N-dealkylation sites (tertiary alicyclic amines) is 1. The summed E-state index contributed by atoms with van der Waals surface area (Å²) in [5.41, 5.74) is 1.13. The Morgan fingerprint density at radius 1 is 1.33 bits per heavy atom. The Labute approximate surface area is 143 Å². The molecule has 2 atom stereocenters. The van der Waals surface area contributed by atoms with Gasteiger partial charge in [0, 0.05) is 25.9 Å². The van der Waals surface area contributed by atoms with Crippen molar-refractivity contribution in [2.45, 2.75) is 44.9 Å². The van der Waals surface area contributed by atoms with Crippen molar-refractivity contribution in [1.82, 2.24) is 4.90 Å². The zero-order chi connectivity index (χ0) is 17.5. The Balaban J connectivity index is 1.87. The second-order valence-electron chi connectivity index (χ2n) is 6.66. The van der Waals surface area contributed by atoms with Crippen LogP contribution in [0.1, 0.15) is 50.5 Å². The van der Waals surface area contributed by atoms with Crippen LogP contribution in [0, 0.1) is 5.92 Å². The number of piperidine rings is 1. The van der Waals surface area contributed by atoms with Crippen LogP contribution in [0.25, 0.3) is 0 Å². The standard InChI is InChI=1S/C19H27NO4/c1-14(16-6-8-17(24-2)9-7-16)12-18(21)20-11-3-4-15(13-20)5-10-19(22)23/h6-9,14-15H,3-5,10-13H2,1-2H3,(H,22,23)/t14-,15-/m0/s1. The number of methoxy groups -OCH3 is 1. The molecular weight excluding hydrogens is 306 g/mol. The first-order valence-corrected chi connectivity index (χ1v) is 8.63. The summed E-state index contributed by atoms with van der Waals surface area (Å²) in [6.07, 6.45) is 3.32. The lowest BCUT2D eigenvalue weighted by Gasteiger charge is -2.33. The number of ether oxygens (including phenoxy) is 1. The zero-order valence-corrected chi connectivity index (χ0v) is 14.5. The Kier molecular flexibility index (Phi) is 6.64. The highest BCUT2D eigenvalue weighted by molar-refractivity contribution is 5.77. The molecule has 1 aliphatic rings. The van der Waals surface area contributed by atoms with Gasteiger partial charge in [0.05, 0.1) is 7.11 Å². The van der Waals surface area contributed by atoms with Crippen molar-refractivity contribution in [3.05, 3.63) is 29.8 Å². The molecule has 0 radical (unpaired) electrons. The number of carboxylic acids is 1. The second kappa shape index (κ2) is 8.71. The van der Waals surface area contributed by atoms with Crippen LogP contribution in [-0.2, 0) is 9.59 Å². The van der Waals surface area contributed by atoms with Crippen molar-refractivity contribution in [2.24, 2.45) is 5.92 Å². The maximum atomic E-state index is 12.6. The van der Waals surface area contributed by atoms with Gasteiger partial charge in [-0.25, -0.2) is 0 Å². The fourth-order valence-electron chi connectivity index (χ4n) is 3.30. The fraction of sp³-hybridized carbons (Fsp3) is 0.579. The molecule has 5 heteroatoms. The molecule has 0 spiro atoms. The highest BCUT2D eigenvalue weighted by Crippen LogP contribution is 2.25. The number of hydrogen-bond donors (Lipinski definition) is 1. The second-order valence-corrected chi connectivity index (χ2v) is 6.66. The summed E-state index contributed by atoms with van der Waals surface area (Å²) < 4.78 is 5.16. The van der Waals surface area contributed by atoms with Crippen LogP contribution in [0.15, 0.2) is 24.3 Å². The summed E-state index contributed by atoms with van der Waals surface area (Å²) in [5, 5.41) is 8.81. The van der Waals surface area contributed by atoms with Crippen molar-refractivity contribution in [3.8, 4) is 5.75 Å². The lowest BCUT2D eigenvalue weighted by molar-refractivity contribution is -0.137. The summed E-state index contributed by atoms with van der Waals surface area (Å²) in [6, 6.07) is 7.84. The molecular formula is C19H27NO4. The SMILES string of the molecule is COc1ccc([C@@H](C)CC(=O)N2CCC[C@@H](CCC(=O)O)C2)cc1. The first-order valence-electron chi connectivity index (χ1n) is 8.63. The van der Waals surface area contributed by atoms with Crippen LogP contribution in [0.3, 0.4) is 0 Å². The van der Waals surface area contributed by atoms with E-state index in [4.69, 9.17) is 9.84 Å². The number of nitrogens with zero attached hydrogens (tertiary/aromatic N) is 1. The molecule has 0 bridgehead atoms. The molecule has 0 saturated carbocycles. The van der Waals surface area contributed by atoms with Gasteiger partial charge in [-0.05, 0) is 48.8 Å². The molecule has 132 valence electrons. The Morgan fingerprint density at radius 2 is 2.04 bits per heavy atom. The Morgan fingerprint density at radius 3 is 2.67 bits per heavy atom. The maximum Gasteiger partial charge on any atom is 0.303 e. The van der Waals surface area contributed by atoms with Gasteiger partial charge < -0.3 is 14.7 Å². The normalized spacial score (nSPS) is 18.9. The van der Waals surface area contributed by atoms with Crippen LogP contribution in [0.2, 0.25) is 0 Å². The third-order valence-electron chi connectivity index (χ3n) is 4.80. The van der Waals surface area contributed by atoms with E-state index in [0.29, 0.717) is 25.3 Å². The summed E-state index contributed by atoms with van der Waals surface area (Å²) in [7, 11) is 1.64. The third kappa shape index (κ3) is 5.25. The summed E-state index contributed by atoms with van der Waals surface area (Å²) in [5.74, 6) is 0.692.